The molecular formula is C24H23F2N3O2. The van der Waals surface area contributed by atoms with Gasteiger partial charge in [0.1, 0.15) is 6.26 Å². The summed E-state index contributed by atoms with van der Waals surface area (Å²) < 4.78 is 34.2. The van der Waals surface area contributed by atoms with Crippen LogP contribution in [-0.4, -0.2) is 15.5 Å². The number of carbonyl (C=O) groups excluding carboxylic acids is 1. The monoisotopic (exact) mass is 423 g/mol. The molecule has 160 valence electrons. The third kappa shape index (κ3) is 4.08. The fraction of sp³-hybridized carbons (Fsp3) is 0.250. The maximum absolute atomic E-state index is 13.5. The summed E-state index contributed by atoms with van der Waals surface area (Å²) in [5, 5.41) is 3.68. The van der Waals surface area contributed by atoms with Crippen LogP contribution in [0.4, 0.5) is 8.78 Å². The van der Waals surface area contributed by atoms with Crippen LogP contribution in [0.1, 0.15) is 52.8 Å². The number of hydrogen-bond donors (Lipinski definition) is 1. The Morgan fingerprint density at radius 3 is 2.65 bits per heavy atom. The number of oxazole rings is 1. The van der Waals surface area contributed by atoms with E-state index < -0.39 is 11.6 Å². The minimum atomic E-state index is -0.937. The first kappa shape index (κ1) is 20.8. The first-order valence-electron chi connectivity index (χ1n) is 10.1. The maximum atomic E-state index is 13.5. The zero-order valence-corrected chi connectivity index (χ0v) is 17.6. The van der Waals surface area contributed by atoms with E-state index in [2.05, 4.69) is 14.9 Å². The Bertz CT molecular complexity index is 1240. The number of aromatic nitrogens is 2. The number of hydrogen-bond acceptors (Lipinski definition) is 3. The molecule has 0 saturated heterocycles. The van der Waals surface area contributed by atoms with Crippen LogP contribution < -0.4 is 5.32 Å². The number of aryl methyl sites for hydroxylation is 1. The highest BCUT2D eigenvalue weighted by molar-refractivity contribution is 6.08. The molecule has 0 aliphatic rings. The number of nitrogens with zero attached hydrogens (tertiary/aromatic N) is 2. The Labute approximate surface area is 178 Å². The molecule has 0 bridgehead atoms. The molecule has 0 unspecified atom stereocenters. The summed E-state index contributed by atoms with van der Waals surface area (Å²) >= 11 is 0. The third-order valence-corrected chi connectivity index (χ3v) is 5.25. The molecule has 0 atom stereocenters. The van der Waals surface area contributed by atoms with E-state index in [0.717, 1.165) is 34.3 Å². The van der Waals surface area contributed by atoms with E-state index in [1.165, 1.54) is 12.3 Å². The summed E-state index contributed by atoms with van der Waals surface area (Å²) in [6, 6.07) is 9.55. The van der Waals surface area contributed by atoms with Crippen LogP contribution in [0.25, 0.3) is 10.9 Å². The van der Waals surface area contributed by atoms with Gasteiger partial charge in [0.25, 0.3) is 5.91 Å². The van der Waals surface area contributed by atoms with Gasteiger partial charge in [0.2, 0.25) is 5.89 Å². The Balaban J connectivity index is 1.75. The molecule has 0 radical (unpaired) electrons. The molecule has 4 aromatic rings. The van der Waals surface area contributed by atoms with Crippen LogP contribution in [0, 0.1) is 18.6 Å². The highest BCUT2D eigenvalue weighted by Gasteiger charge is 2.25. The first-order chi connectivity index (χ1) is 14.8. The lowest BCUT2D eigenvalue weighted by molar-refractivity contribution is 0.0951. The molecule has 0 fully saturated rings. The molecule has 2 heterocycles. The minimum Gasteiger partial charge on any atom is -0.447 e. The second kappa shape index (κ2) is 8.34. The largest absolute Gasteiger partial charge is 0.447 e. The molecule has 0 aliphatic carbocycles. The number of benzene rings is 2. The zero-order valence-electron chi connectivity index (χ0n) is 17.6. The number of amides is 1. The molecule has 31 heavy (non-hydrogen) atoms. The standard InChI is InChI=1S/C24H23F2N3O2/c1-14(2)23-22(24(30)28-12-16-5-7-18(25)19(26)11-16)17-6-4-15(3)10-20(17)29(23)13-21-27-8-9-31-21/h4-11,14H,12-13H2,1-3H3,(H,28,30). The van der Waals surface area contributed by atoms with Gasteiger partial charge in [0.05, 0.1) is 18.3 Å². The minimum absolute atomic E-state index is 0.0479. The maximum Gasteiger partial charge on any atom is 0.254 e. The number of fused-ring (bicyclic) bond motifs is 1. The highest BCUT2D eigenvalue weighted by atomic mass is 19.2. The van der Waals surface area contributed by atoms with Crippen LogP contribution in [0.2, 0.25) is 0 Å². The Kier molecular flexibility index (Phi) is 5.59. The van der Waals surface area contributed by atoms with Crippen LogP contribution >= 0.6 is 0 Å². The molecule has 4 rings (SSSR count). The Morgan fingerprint density at radius 1 is 1.16 bits per heavy atom. The second-order valence-corrected chi connectivity index (χ2v) is 7.88. The van der Waals surface area contributed by atoms with Crippen LogP contribution in [0.3, 0.4) is 0 Å². The van der Waals surface area contributed by atoms with E-state index in [1.807, 2.05) is 39.0 Å². The summed E-state index contributed by atoms with van der Waals surface area (Å²) in [7, 11) is 0. The van der Waals surface area contributed by atoms with Gasteiger partial charge >= 0.3 is 0 Å². The summed E-state index contributed by atoms with van der Waals surface area (Å²) in [5.41, 5.74) is 3.90. The zero-order chi connectivity index (χ0) is 22.1. The van der Waals surface area contributed by atoms with E-state index in [1.54, 1.807) is 6.20 Å². The van der Waals surface area contributed by atoms with Gasteiger partial charge in [-0.15, -0.1) is 0 Å². The molecule has 2 aromatic heterocycles. The van der Waals surface area contributed by atoms with Crippen molar-refractivity contribution in [3.63, 3.8) is 0 Å². The van der Waals surface area contributed by atoms with Crippen molar-refractivity contribution in [2.75, 3.05) is 0 Å². The number of nitrogens with one attached hydrogen (secondary N) is 1. The predicted molar refractivity (Wildman–Crippen MR) is 114 cm³/mol. The molecule has 0 saturated carbocycles. The average Bonchev–Trinajstić information content (AvgIpc) is 3.35. The molecule has 5 nitrogen and oxygen atoms in total. The Morgan fingerprint density at radius 2 is 1.97 bits per heavy atom. The number of carbonyl (C=O) groups is 1. The molecule has 7 heteroatoms. The number of rotatable bonds is 6. The lowest BCUT2D eigenvalue weighted by Gasteiger charge is -2.14. The number of halogens is 2. The second-order valence-electron chi connectivity index (χ2n) is 7.88. The summed E-state index contributed by atoms with van der Waals surface area (Å²) in [6.45, 7) is 6.54. The van der Waals surface area contributed by atoms with Crippen LogP contribution in [-0.2, 0) is 13.1 Å². The molecular weight excluding hydrogens is 400 g/mol. The predicted octanol–water partition coefficient (Wildman–Crippen LogP) is 5.32. The van der Waals surface area contributed by atoms with Crippen molar-refractivity contribution in [1.82, 2.24) is 14.9 Å². The SMILES string of the molecule is Cc1ccc2c(C(=O)NCc3ccc(F)c(F)c3)c(C(C)C)n(Cc3ncco3)c2c1. The third-order valence-electron chi connectivity index (χ3n) is 5.25. The normalized spacial score (nSPS) is 11.4. The summed E-state index contributed by atoms with van der Waals surface area (Å²) in [6.07, 6.45) is 3.12. The Hall–Kier alpha value is -3.48. The average molecular weight is 423 g/mol. The molecule has 0 spiro atoms. The first-order valence-corrected chi connectivity index (χ1v) is 10.1. The highest BCUT2D eigenvalue weighted by Crippen LogP contribution is 2.32. The van der Waals surface area contributed by atoms with E-state index in [0.29, 0.717) is 23.6 Å². The van der Waals surface area contributed by atoms with E-state index in [4.69, 9.17) is 4.42 Å². The topological polar surface area (TPSA) is 60.1 Å². The van der Waals surface area contributed by atoms with E-state index in [-0.39, 0.29) is 18.4 Å². The lowest BCUT2D eigenvalue weighted by Crippen LogP contribution is -2.24. The van der Waals surface area contributed by atoms with Crippen LogP contribution in [0.15, 0.2) is 53.3 Å². The van der Waals surface area contributed by atoms with Crippen LogP contribution in [0.5, 0.6) is 0 Å². The fourth-order valence-corrected chi connectivity index (χ4v) is 3.88. The molecule has 0 aliphatic heterocycles. The van der Waals surface area contributed by atoms with E-state index in [9.17, 15) is 13.6 Å². The van der Waals surface area contributed by atoms with Gasteiger partial charge in [0.15, 0.2) is 11.6 Å². The van der Waals surface area contributed by atoms with Crippen molar-refractivity contribution >= 4 is 16.8 Å². The van der Waals surface area contributed by atoms with Gasteiger partial charge in [-0.1, -0.05) is 32.0 Å². The van der Waals surface area contributed by atoms with Gasteiger partial charge < -0.3 is 14.3 Å². The summed E-state index contributed by atoms with van der Waals surface area (Å²) in [5.74, 6) is -1.52. The van der Waals surface area contributed by atoms with Gasteiger partial charge in [-0.25, -0.2) is 13.8 Å². The van der Waals surface area contributed by atoms with Gasteiger partial charge in [-0.3, -0.25) is 4.79 Å². The van der Waals surface area contributed by atoms with Crippen molar-refractivity contribution in [1.29, 1.82) is 0 Å². The van der Waals surface area contributed by atoms with Gasteiger partial charge in [-0.2, -0.15) is 0 Å². The van der Waals surface area contributed by atoms with Crippen molar-refractivity contribution in [3.05, 3.63) is 88.8 Å². The summed E-state index contributed by atoms with van der Waals surface area (Å²) in [4.78, 5) is 17.5. The van der Waals surface area contributed by atoms with Crippen molar-refractivity contribution in [2.24, 2.45) is 0 Å². The van der Waals surface area contributed by atoms with Crippen molar-refractivity contribution < 1.29 is 18.0 Å². The lowest BCUT2D eigenvalue weighted by atomic mass is 10.0. The van der Waals surface area contributed by atoms with Crippen molar-refractivity contribution in [2.45, 2.75) is 39.8 Å². The van der Waals surface area contributed by atoms with Gasteiger partial charge in [-0.05, 0) is 42.2 Å². The quantitative estimate of drug-likeness (QED) is 0.457. The van der Waals surface area contributed by atoms with E-state index >= 15 is 0 Å². The smallest absolute Gasteiger partial charge is 0.254 e. The van der Waals surface area contributed by atoms with Crippen molar-refractivity contribution in [3.8, 4) is 0 Å². The fourth-order valence-electron chi connectivity index (χ4n) is 3.88. The molecule has 1 N–H and O–H groups in total. The molecule has 1 amide bonds. The van der Waals surface area contributed by atoms with Gasteiger partial charge in [0, 0.05) is 23.1 Å². The molecule has 2 aromatic carbocycles.